The fraction of sp³-hybridized carbons (Fsp3) is 0.143. The Morgan fingerprint density at radius 2 is 1.90 bits per heavy atom. The predicted molar refractivity (Wildman–Crippen MR) is 64.0 cm³/mol. The van der Waals surface area contributed by atoms with Crippen LogP contribution in [0.1, 0.15) is 11.1 Å². The summed E-state index contributed by atoms with van der Waals surface area (Å²) in [4.78, 5) is 3.60. The van der Waals surface area contributed by atoms with E-state index in [1.807, 2.05) is 0 Å². The van der Waals surface area contributed by atoms with Gasteiger partial charge in [-0.2, -0.15) is 22.8 Å². The van der Waals surface area contributed by atoms with Crippen molar-refractivity contribution >= 4 is 0 Å². The summed E-state index contributed by atoms with van der Waals surface area (Å²) in [6.07, 6.45) is -4.60. The van der Waals surface area contributed by atoms with Gasteiger partial charge >= 0.3 is 6.18 Å². The highest BCUT2D eigenvalue weighted by Crippen LogP contribution is 2.31. The molecule has 0 amide bonds. The third-order valence-corrected chi connectivity index (χ3v) is 2.68. The molecule has 0 unspecified atom stereocenters. The van der Waals surface area contributed by atoms with Crippen molar-refractivity contribution in [1.82, 2.24) is 4.98 Å². The van der Waals surface area contributed by atoms with Crippen LogP contribution in [0.25, 0.3) is 11.3 Å². The summed E-state index contributed by atoms with van der Waals surface area (Å²) in [7, 11) is 0. The van der Waals surface area contributed by atoms with Crippen LogP contribution in [0.2, 0.25) is 0 Å². The van der Waals surface area contributed by atoms with E-state index in [1.54, 1.807) is 6.07 Å². The van der Waals surface area contributed by atoms with Crippen LogP contribution in [-0.2, 0) is 12.6 Å². The van der Waals surface area contributed by atoms with Crippen LogP contribution in [0.3, 0.4) is 0 Å². The first kappa shape index (κ1) is 14.0. The van der Waals surface area contributed by atoms with Gasteiger partial charge in [-0.3, -0.25) is 0 Å². The number of alkyl halides is 3. The van der Waals surface area contributed by atoms with Crippen LogP contribution >= 0.6 is 0 Å². The topological polar surface area (TPSA) is 36.7 Å². The molecule has 0 atom stereocenters. The Hall–Kier alpha value is -2.42. The van der Waals surface area contributed by atoms with Gasteiger partial charge in [0.1, 0.15) is 0 Å². The fourth-order valence-electron chi connectivity index (χ4n) is 1.70. The lowest BCUT2D eigenvalue weighted by atomic mass is 10.1. The summed E-state index contributed by atoms with van der Waals surface area (Å²) in [5, 5.41) is 8.49. The van der Waals surface area contributed by atoms with Crippen LogP contribution in [0, 0.1) is 17.3 Å². The van der Waals surface area contributed by atoms with E-state index in [2.05, 4.69) is 4.98 Å². The Labute approximate surface area is 112 Å². The number of halogens is 4. The summed E-state index contributed by atoms with van der Waals surface area (Å²) < 4.78 is 51.4. The lowest BCUT2D eigenvalue weighted by Gasteiger charge is -2.09. The Bertz CT molecular complexity index is 672. The Kier molecular flexibility index (Phi) is 3.70. The zero-order valence-electron chi connectivity index (χ0n) is 10.1. The highest BCUT2D eigenvalue weighted by molar-refractivity contribution is 5.60. The fourth-order valence-corrected chi connectivity index (χ4v) is 1.70. The van der Waals surface area contributed by atoms with Gasteiger partial charge in [-0.05, 0) is 18.2 Å². The molecule has 0 aliphatic carbocycles. The molecule has 0 spiro atoms. The summed E-state index contributed by atoms with van der Waals surface area (Å²) in [5.74, 6) is -0.846. The summed E-state index contributed by atoms with van der Waals surface area (Å²) in [6, 6.07) is 9.02. The molecule has 1 aromatic heterocycles. The molecule has 2 nitrogen and oxygen atoms in total. The van der Waals surface area contributed by atoms with Crippen LogP contribution < -0.4 is 0 Å². The number of rotatable bonds is 2. The molecule has 20 heavy (non-hydrogen) atoms. The van der Waals surface area contributed by atoms with Crippen molar-refractivity contribution in [3.63, 3.8) is 0 Å². The van der Waals surface area contributed by atoms with Crippen LogP contribution in [0.4, 0.5) is 17.6 Å². The molecular weight excluding hydrogens is 272 g/mol. The van der Waals surface area contributed by atoms with Crippen LogP contribution in [0.15, 0.2) is 36.4 Å². The number of hydrogen-bond donors (Lipinski definition) is 0. The van der Waals surface area contributed by atoms with E-state index in [1.165, 1.54) is 24.3 Å². The first-order valence-corrected chi connectivity index (χ1v) is 5.62. The standard InChI is InChI=1S/C14H8F4N2/c15-13-9(6-7-19)4-5-12(20-13)10-2-1-3-11(8-10)14(16,17)18/h1-5,8H,6H2. The van der Waals surface area contributed by atoms with E-state index in [0.717, 1.165) is 12.1 Å². The molecule has 0 bridgehead atoms. The van der Waals surface area contributed by atoms with Gasteiger partial charge in [-0.25, -0.2) is 4.98 Å². The largest absolute Gasteiger partial charge is 0.416 e. The van der Waals surface area contributed by atoms with Crippen molar-refractivity contribution in [3.8, 4) is 17.3 Å². The maximum Gasteiger partial charge on any atom is 0.416 e. The molecule has 0 aliphatic heterocycles. The van der Waals surface area contributed by atoms with Gasteiger partial charge in [0.15, 0.2) is 0 Å². The maximum absolute atomic E-state index is 13.6. The SMILES string of the molecule is N#CCc1ccc(-c2cccc(C(F)(F)F)c2)nc1F. The first-order valence-electron chi connectivity index (χ1n) is 5.62. The number of pyridine rings is 1. The molecule has 0 fully saturated rings. The molecule has 0 radical (unpaired) electrons. The summed E-state index contributed by atoms with van der Waals surface area (Å²) >= 11 is 0. The molecule has 1 heterocycles. The average Bonchev–Trinajstić information content (AvgIpc) is 2.40. The Morgan fingerprint density at radius 3 is 2.50 bits per heavy atom. The maximum atomic E-state index is 13.6. The molecule has 0 saturated carbocycles. The monoisotopic (exact) mass is 280 g/mol. The van der Waals surface area contributed by atoms with Gasteiger partial charge in [-0.15, -0.1) is 0 Å². The van der Waals surface area contributed by atoms with Gasteiger partial charge in [0, 0.05) is 11.1 Å². The van der Waals surface area contributed by atoms with Crippen molar-refractivity contribution in [1.29, 1.82) is 5.26 Å². The van der Waals surface area contributed by atoms with Crippen molar-refractivity contribution < 1.29 is 17.6 Å². The minimum absolute atomic E-state index is 0.0929. The van der Waals surface area contributed by atoms with E-state index >= 15 is 0 Å². The molecule has 2 aromatic rings. The zero-order valence-corrected chi connectivity index (χ0v) is 10.1. The quantitative estimate of drug-likeness (QED) is 0.616. The third kappa shape index (κ3) is 2.94. The highest BCUT2D eigenvalue weighted by Gasteiger charge is 2.30. The number of nitriles is 1. The molecule has 1 aromatic carbocycles. The van der Waals surface area contributed by atoms with E-state index in [9.17, 15) is 17.6 Å². The second-order valence-electron chi connectivity index (χ2n) is 4.06. The molecule has 102 valence electrons. The molecule has 2 rings (SSSR count). The Morgan fingerprint density at radius 1 is 1.15 bits per heavy atom. The van der Waals surface area contributed by atoms with E-state index in [-0.39, 0.29) is 23.2 Å². The van der Waals surface area contributed by atoms with Crippen molar-refractivity contribution in [2.45, 2.75) is 12.6 Å². The normalized spacial score (nSPS) is 11.2. The number of aromatic nitrogens is 1. The second-order valence-corrected chi connectivity index (χ2v) is 4.06. The molecule has 0 aliphatic rings. The van der Waals surface area contributed by atoms with Crippen LogP contribution in [0.5, 0.6) is 0 Å². The lowest BCUT2D eigenvalue weighted by molar-refractivity contribution is -0.137. The highest BCUT2D eigenvalue weighted by atomic mass is 19.4. The minimum atomic E-state index is -4.46. The van der Waals surface area contributed by atoms with Crippen LogP contribution in [-0.4, -0.2) is 4.98 Å². The van der Waals surface area contributed by atoms with Crippen molar-refractivity contribution in [2.24, 2.45) is 0 Å². The zero-order chi connectivity index (χ0) is 14.8. The molecular formula is C14H8F4N2. The minimum Gasteiger partial charge on any atom is -0.219 e. The summed E-state index contributed by atoms with van der Waals surface area (Å²) in [6.45, 7) is 0. The first-order chi connectivity index (χ1) is 9.41. The van der Waals surface area contributed by atoms with E-state index < -0.39 is 17.7 Å². The van der Waals surface area contributed by atoms with E-state index in [4.69, 9.17) is 5.26 Å². The summed E-state index contributed by atoms with van der Waals surface area (Å²) in [5.41, 5.74) is -0.445. The number of nitrogens with zero attached hydrogens (tertiary/aromatic N) is 2. The predicted octanol–water partition coefficient (Wildman–Crippen LogP) is 3.97. The molecule has 0 saturated heterocycles. The Balaban J connectivity index is 2.42. The van der Waals surface area contributed by atoms with Gasteiger partial charge in [0.05, 0.1) is 23.7 Å². The third-order valence-electron chi connectivity index (χ3n) is 2.68. The van der Waals surface area contributed by atoms with Gasteiger partial charge in [0.25, 0.3) is 0 Å². The van der Waals surface area contributed by atoms with Gasteiger partial charge in [0.2, 0.25) is 5.95 Å². The second kappa shape index (κ2) is 5.29. The number of benzene rings is 1. The van der Waals surface area contributed by atoms with E-state index in [0.29, 0.717) is 0 Å². The smallest absolute Gasteiger partial charge is 0.219 e. The lowest BCUT2D eigenvalue weighted by Crippen LogP contribution is -2.04. The molecule has 0 N–H and O–H groups in total. The van der Waals surface area contributed by atoms with Crippen molar-refractivity contribution in [3.05, 3.63) is 53.5 Å². The van der Waals surface area contributed by atoms with Gasteiger partial charge < -0.3 is 0 Å². The van der Waals surface area contributed by atoms with Crippen molar-refractivity contribution in [2.75, 3.05) is 0 Å². The molecule has 6 heteroatoms. The van der Waals surface area contributed by atoms with Gasteiger partial charge in [-0.1, -0.05) is 18.2 Å². The average molecular weight is 280 g/mol. The number of hydrogen-bond acceptors (Lipinski definition) is 2.